The number of hydrogen-bond acceptors (Lipinski definition) is 4. The second-order valence-electron chi connectivity index (χ2n) is 8.45. The Bertz CT molecular complexity index is 1750. The van der Waals surface area contributed by atoms with E-state index in [0.29, 0.717) is 29.1 Å². The molecule has 0 aliphatic carbocycles. The molecule has 0 amide bonds. The Hall–Kier alpha value is -4.96. The van der Waals surface area contributed by atoms with Crippen LogP contribution in [-0.2, 0) is 6.54 Å². The fourth-order valence-electron chi connectivity index (χ4n) is 4.56. The van der Waals surface area contributed by atoms with Gasteiger partial charge in [-0.05, 0) is 48.4 Å². The van der Waals surface area contributed by atoms with Crippen LogP contribution >= 0.6 is 0 Å². The van der Waals surface area contributed by atoms with E-state index in [1.165, 1.54) is 4.68 Å². The molecule has 4 aromatic rings. The third kappa shape index (κ3) is 3.40. The van der Waals surface area contributed by atoms with Crippen molar-refractivity contribution in [1.82, 2.24) is 24.1 Å². The van der Waals surface area contributed by atoms with Gasteiger partial charge in [0.05, 0.1) is 28.0 Å². The maximum Gasteiger partial charge on any atom is 0.282 e. The smallest absolute Gasteiger partial charge is 0.282 e. The summed E-state index contributed by atoms with van der Waals surface area (Å²) in [6.45, 7) is 2.47. The minimum absolute atomic E-state index is 0.237. The zero-order valence-corrected chi connectivity index (χ0v) is 19.0. The van der Waals surface area contributed by atoms with Crippen LogP contribution in [0.15, 0.2) is 96.2 Å². The molecule has 1 aromatic heterocycles. The van der Waals surface area contributed by atoms with E-state index in [4.69, 9.17) is 5.10 Å². The predicted molar refractivity (Wildman–Crippen MR) is 134 cm³/mol. The summed E-state index contributed by atoms with van der Waals surface area (Å²) in [6, 6.07) is 25.6. The molecular formula is C28H20N6O. The zero-order valence-electron chi connectivity index (χ0n) is 19.0. The maximum atomic E-state index is 13.5. The number of rotatable bonds is 4. The molecule has 3 aromatic carbocycles. The van der Waals surface area contributed by atoms with Gasteiger partial charge in [-0.15, -0.1) is 0 Å². The van der Waals surface area contributed by atoms with Crippen molar-refractivity contribution >= 4 is 10.9 Å². The summed E-state index contributed by atoms with van der Waals surface area (Å²) in [6.07, 6.45) is 5.53. The molecule has 168 valence electrons. The number of benzene rings is 3. The fourth-order valence-corrected chi connectivity index (χ4v) is 4.56. The lowest BCUT2D eigenvalue weighted by atomic mass is 10.1. The van der Waals surface area contributed by atoms with Crippen molar-refractivity contribution in [2.24, 2.45) is 0 Å². The molecule has 0 spiro atoms. The van der Waals surface area contributed by atoms with E-state index in [1.54, 1.807) is 12.3 Å². The Morgan fingerprint density at radius 3 is 2.57 bits per heavy atom. The van der Waals surface area contributed by atoms with Crippen LogP contribution in [0.5, 0.6) is 0 Å². The van der Waals surface area contributed by atoms with E-state index in [-0.39, 0.29) is 5.56 Å². The minimum atomic E-state index is -0.237. The van der Waals surface area contributed by atoms with E-state index < -0.39 is 0 Å². The van der Waals surface area contributed by atoms with Crippen molar-refractivity contribution in [3.8, 4) is 28.7 Å². The van der Waals surface area contributed by atoms with E-state index in [1.807, 2.05) is 78.6 Å². The first-order valence-corrected chi connectivity index (χ1v) is 11.2. The highest BCUT2D eigenvalue weighted by Crippen LogP contribution is 2.29. The minimum Gasteiger partial charge on any atom is -0.342 e. The topological polar surface area (TPSA) is 81.4 Å². The van der Waals surface area contributed by atoms with Crippen molar-refractivity contribution in [1.29, 1.82) is 5.26 Å². The van der Waals surface area contributed by atoms with Crippen LogP contribution in [0.25, 0.3) is 33.5 Å². The molecule has 7 nitrogen and oxygen atoms in total. The van der Waals surface area contributed by atoms with Crippen LogP contribution in [0.3, 0.4) is 0 Å². The molecule has 0 radical (unpaired) electrons. The van der Waals surface area contributed by atoms with Gasteiger partial charge in [0, 0.05) is 30.5 Å². The normalized spacial score (nSPS) is 11.2. The van der Waals surface area contributed by atoms with Gasteiger partial charge in [0.2, 0.25) is 0 Å². The number of aromatic nitrogens is 5. The predicted octanol–water partition coefficient (Wildman–Crippen LogP) is 4.71. The number of pyridine rings is 1. The number of para-hydroxylation sites is 2. The lowest BCUT2D eigenvalue weighted by Gasteiger charge is -2.14. The van der Waals surface area contributed by atoms with Crippen LogP contribution < -0.4 is 5.56 Å². The molecule has 0 atom stereocenters. The quantitative estimate of drug-likeness (QED) is 0.385. The Morgan fingerprint density at radius 1 is 0.971 bits per heavy atom. The molecule has 7 heteroatoms. The molecule has 0 fully saturated rings. The Morgan fingerprint density at radius 2 is 1.80 bits per heavy atom. The summed E-state index contributed by atoms with van der Waals surface area (Å²) in [7, 11) is 0. The van der Waals surface area contributed by atoms with Gasteiger partial charge >= 0.3 is 0 Å². The van der Waals surface area contributed by atoms with Crippen LogP contribution in [0, 0.1) is 18.3 Å². The molecule has 2 aliphatic heterocycles. The van der Waals surface area contributed by atoms with Crippen molar-refractivity contribution in [2.75, 3.05) is 0 Å². The summed E-state index contributed by atoms with van der Waals surface area (Å²) < 4.78 is 5.27. The number of nitriles is 1. The van der Waals surface area contributed by atoms with Crippen LogP contribution in [0.4, 0.5) is 0 Å². The molecule has 2 aliphatic rings. The highest BCUT2D eigenvalue weighted by atomic mass is 16.1. The first-order chi connectivity index (χ1) is 17.1. The van der Waals surface area contributed by atoms with E-state index >= 15 is 0 Å². The lowest BCUT2D eigenvalue weighted by molar-refractivity contribution is 0.824. The second kappa shape index (κ2) is 8.12. The van der Waals surface area contributed by atoms with Crippen LogP contribution in [0.2, 0.25) is 0 Å². The Labute approximate surface area is 201 Å². The summed E-state index contributed by atoms with van der Waals surface area (Å²) >= 11 is 0. The highest BCUT2D eigenvalue weighted by Gasteiger charge is 2.22. The Kier molecular flexibility index (Phi) is 4.78. The van der Waals surface area contributed by atoms with Gasteiger partial charge in [-0.1, -0.05) is 42.5 Å². The van der Waals surface area contributed by atoms with E-state index in [9.17, 15) is 10.1 Å². The number of nitrogens with zero attached hydrogens (tertiary/aromatic N) is 6. The zero-order chi connectivity index (χ0) is 23.9. The van der Waals surface area contributed by atoms with Gasteiger partial charge in [-0.25, -0.2) is 4.68 Å². The number of aryl methyl sites for hydroxylation is 1. The molecule has 35 heavy (non-hydrogen) atoms. The van der Waals surface area contributed by atoms with Gasteiger partial charge in [-0.2, -0.15) is 20.1 Å². The molecule has 0 N–H and O–H groups in total. The highest BCUT2D eigenvalue weighted by molar-refractivity contribution is 5.93. The van der Waals surface area contributed by atoms with Gasteiger partial charge < -0.3 is 4.57 Å². The molecule has 0 unspecified atom stereocenters. The standard InChI is InChI=1S/C28H20N6O/c1-19-6-4-7-21(16-29)27(19)34-28(35)24-18-32(25-9-3-2-8-23(25)26(24)31-34)17-20-10-12-22(13-11-20)33-15-5-14-30-33/h2-15,18H,17H2,1H3. The van der Waals surface area contributed by atoms with E-state index in [0.717, 1.165) is 27.7 Å². The van der Waals surface area contributed by atoms with Crippen LogP contribution in [0.1, 0.15) is 16.7 Å². The largest absolute Gasteiger partial charge is 0.342 e. The monoisotopic (exact) mass is 456 g/mol. The maximum absolute atomic E-state index is 13.5. The van der Waals surface area contributed by atoms with Crippen molar-refractivity contribution in [2.45, 2.75) is 13.5 Å². The van der Waals surface area contributed by atoms with Gasteiger partial charge in [0.25, 0.3) is 5.56 Å². The van der Waals surface area contributed by atoms with Crippen molar-refractivity contribution in [3.05, 3.63) is 118 Å². The SMILES string of the molecule is Cc1cccc(C#N)c1-n1nc2c3ccccc3n(Cc3ccc(-n4cccn4)cc3)cc-2c1=O. The average molecular weight is 457 g/mol. The fraction of sp³-hybridized carbons (Fsp3) is 0.0714. The Balaban J connectivity index is 1.50. The second-order valence-corrected chi connectivity index (χ2v) is 8.45. The number of fused-ring (bicyclic) bond motifs is 3. The average Bonchev–Trinajstić information content (AvgIpc) is 3.53. The summed E-state index contributed by atoms with van der Waals surface area (Å²) in [5.74, 6) is 0. The molecule has 0 saturated carbocycles. The summed E-state index contributed by atoms with van der Waals surface area (Å²) in [4.78, 5) is 13.5. The molecular weight excluding hydrogens is 436 g/mol. The summed E-state index contributed by atoms with van der Waals surface area (Å²) in [5.41, 5.74) is 5.74. The van der Waals surface area contributed by atoms with Crippen LogP contribution in [-0.4, -0.2) is 24.1 Å². The first kappa shape index (κ1) is 20.6. The van der Waals surface area contributed by atoms with Crippen molar-refractivity contribution in [3.63, 3.8) is 0 Å². The van der Waals surface area contributed by atoms with Gasteiger partial charge in [0.15, 0.2) is 0 Å². The molecule has 0 bridgehead atoms. The summed E-state index contributed by atoms with van der Waals surface area (Å²) in [5, 5.41) is 19.5. The lowest BCUT2D eigenvalue weighted by Crippen LogP contribution is -2.17. The van der Waals surface area contributed by atoms with Gasteiger partial charge in [0.1, 0.15) is 11.8 Å². The van der Waals surface area contributed by atoms with Crippen molar-refractivity contribution < 1.29 is 0 Å². The molecule has 3 heterocycles. The molecule has 6 rings (SSSR count). The third-order valence-electron chi connectivity index (χ3n) is 6.26. The first-order valence-electron chi connectivity index (χ1n) is 11.2. The van der Waals surface area contributed by atoms with Gasteiger partial charge in [-0.3, -0.25) is 4.79 Å². The molecule has 0 saturated heterocycles. The number of hydrogen-bond donors (Lipinski definition) is 0. The third-order valence-corrected chi connectivity index (χ3v) is 6.26. The van der Waals surface area contributed by atoms with E-state index in [2.05, 4.69) is 27.9 Å².